The maximum Gasteiger partial charge on any atom is 0.341 e. The number of carboxylic acid groups (broad SMARTS) is 1. The van der Waals surface area contributed by atoms with Gasteiger partial charge in [0.2, 0.25) is 5.43 Å². The molecule has 1 aromatic carbocycles. The van der Waals surface area contributed by atoms with Gasteiger partial charge in [0.1, 0.15) is 16.9 Å². The van der Waals surface area contributed by atoms with Crippen LogP contribution in [0.15, 0.2) is 41.5 Å². The molecule has 1 N–H and O–H groups in total. The van der Waals surface area contributed by atoms with Crippen LogP contribution in [0.4, 0.5) is 13.2 Å². The number of hydrogen-bond donors (Lipinski definition) is 1. The fourth-order valence-electron chi connectivity index (χ4n) is 2.91. The summed E-state index contributed by atoms with van der Waals surface area (Å²) in [4.78, 5) is 37.1. The highest BCUT2D eigenvalue weighted by Gasteiger charge is 2.41. The molecule has 0 atom stereocenters. The summed E-state index contributed by atoms with van der Waals surface area (Å²) in [5.74, 6) is -5.95. The van der Waals surface area contributed by atoms with Gasteiger partial charge in [-0.1, -0.05) is 12.1 Å². The second-order valence-corrected chi connectivity index (χ2v) is 6.35. The predicted octanol–water partition coefficient (Wildman–Crippen LogP) is 2.22. The van der Waals surface area contributed by atoms with Crippen molar-refractivity contribution < 1.29 is 27.9 Å². The Morgan fingerprint density at radius 3 is 2.30 bits per heavy atom. The molecular weight excluding hydrogens is 365 g/mol. The molecule has 1 aliphatic heterocycles. The fraction of sp³-hybridized carbons (Fsp3) is 0.278. The molecule has 3 rings (SSSR count). The van der Waals surface area contributed by atoms with Crippen LogP contribution in [0.25, 0.3) is 0 Å². The first-order chi connectivity index (χ1) is 12.7. The Morgan fingerprint density at radius 2 is 1.74 bits per heavy atom. The van der Waals surface area contributed by atoms with Crippen molar-refractivity contribution in [1.29, 1.82) is 0 Å². The number of hydrogen-bond acceptors (Lipinski definition) is 3. The quantitative estimate of drug-likeness (QED) is 0.882. The molecule has 1 aliphatic rings. The Morgan fingerprint density at radius 1 is 1.11 bits per heavy atom. The number of alkyl halides is 2. The van der Waals surface area contributed by atoms with Crippen LogP contribution in [-0.4, -0.2) is 45.5 Å². The third kappa shape index (κ3) is 4.02. The molecule has 0 saturated carbocycles. The molecule has 9 heteroatoms. The Bertz CT molecular complexity index is 954. The highest BCUT2D eigenvalue weighted by atomic mass is 19.3. The summed E-state index contributed by atoms with van der Waals surface area (Å²) in [6, 6.07) is 5.37. The van der Waals surface area contributed by atoms with Crippen LogP contribution in [-0.2, 0) is 6.54 Å². The van der Waals surface area contributed by atoms with Gasteiger partial charge in [0.05, 0.1) is 6.54 Å². The summed E-state index contributed by atoms with van der Waals surface area (Å²) in [5.41, 5.74) is -1.57. The van der Waals surface area contributed by atoms with Crippen LogP contribution in [0.1, 0.15) is 32.7 Å². The lowest BCUT2D eigenvalue weighted by molar-refractivity contribution is 0.0119. The Labute approximate surface area is 151 Å². The molecule has 1 amide bonds. The SMILES string of the molecule is O=C(O)c1cn(Cc2ccc(F)cc2)cc(C(=O)N2CCC(F)(F)C2)c1=O. The van der Waals surface area contributed by atoms with Gasteiger partial charge >= 0.3 is 5.97 Å². The van der Waals surface area contributed by atoms with Crippen LogP contribution < -0.4 is 5.43 Å². The van der Waals surface area contributed by atoms with Crippen molar-refractivity contribution in [2.45, 2.75) is 18.9 Å². The first-order valence-corrected chi connectivity index (χ1v) is 8.05. The topological polar surface area (TPSA) is 79.6 Å². The second kappa shape index (κ2) is 6.90. The number of rotatable bonds is 4. The van der Waals surface area contributed by atoms with Crippen LogP contribution in [0.2, 0.25) is 0 Å². The lowest BCUT2D eigenvalue weighted by atomic mass is 10.1. The number of likely N-dealkylation sites (tertiary alicyclic amines) is 1. The molecule has 2 aromatic rings. The molecule has 0 radical (unpaired) electrons. The smallest absolute Gasteiger partial charge is 0.341 e. The average Bonchev–Trinajstić information content (AvgIpc) is 2.97. The van der Waals surface area contributed by atoms with E-state index in [1.807, 2.05) is 0 Å². The van der Waals surface area contributed by atoms with Gasteiger partial charge in [-0.2, -0.15) is 0 Å². The number of benzene rings is 1. The van der Waals surface area contributed by atoms with Crippen LogP contribution in [0, 0.1) is 5.82 Å². The summed E-state index contributed by atoms with van der Waals surface area (Å²) >= 11 is 0. The van der Waals surface area contributed by atoms with Crippen molar-refractivity contribution in [3.05, 3.63) is 69.4 Å². The van der Waals surface area contributed by atoms with Crippen LogP contribution in [0.5, 0.6) is 0 Å². The van der Waals surface area contributed by atoms with E-state index in [2.05, 4.69) is 0 Å². The summed E-state index contributed by atoms with van der Waals surface area (Å²) in [6.07, 6.45) is 1.68. The normalized spacial score (nSPS) is 15.7. The van der Waals surface area contributed by atoms with E-state index < -0.39 is 53.1 Å². The van der Waals surface area contributed by atoms with E-state index in [0.29, 0.717) is 5.56 Å². The van der Waals surface area contributed by atoms with E-state index in [4.69, 9.17) is 0 Å². The minimum absolute atomic E-state index is 0.0667. The number of amides is 1. The number of aromatic nitrogens is 1. The van der Waals surface area contributed by atoms with Crippen LogP contribution >= 0.6 is 0 Å². The Kier molecular flexibility index (Phi) is 4.77. The third-order valence-electron chi connectivity index (χ3n) is 4.28. The molecule has 6 nitrogen and oxygen atoms in total. The lowest BCUT2D eigenvalue weighted by Crippen LogP contribution is -2.36. The summed E-state index contributed by atoms with van der Waals surface area (Å²) in [7, 11) is 0. The second-order valence-electron chi connectivity index (χ2n) is 6.35. The number of halogens is 3. The van der Waals surface area contributed by atoms with E-state index in [1.54, 1.807) is 0 Å². The number of pyridine rings is 1. The average molecular weight is 380 g/mol. The molecule has 0 unspecified atom stereocenters. The molecule has 0 bridgehead atoms. The maximum absolute atomic E-state index is 13.4. The monoisotopic (exact) mass is 380 g/mol. The van der Waals surface area contributed by atoms with Gasteiger partial charge in [-0.25, -0.2) is 18.0 Å². The predicted molar refractivity (Wildman–Crippen MR) is 88.6 cm³/mol. The van der Waals surface area contributed by atoms with Crippen molar-refractivity contribution in [2.24, 2.45) is 0 Å². The zero-order valence-corrected chi connectivity index (χ0v) is 14.0. The number of nitrogens with zero attached hydrogens (tertiary/aromatic N) is 2. The zero-order chi connectivity index (χ0) is 19.8. The molecule has 1 saturated heterocycles. The van der Waals surface area contributed by atoms with Gasteiger partial charge in [-0.15, -0.1) is 0 Å². The van der Waals surface area contributed by atoms with Gasteiger partial charge in [0, 0.05) is 31.9 Å². The number of carbonyl (C=O) groups is 2. The Balaban J connectivity index is 1.98. The fourth-order valence-corrected chi connectivity index (χ4v) is 2.91. The van der Waals surface area contributed by atoms with E-state index in [0.717, 1.165) is 17.3 Å². The molecule has 1 fully saturated rings. The van der Waals surface area contributed by atoms with E-state index >= 15 is 0 Å². The summed E-state index contributed by atoms with van der Waals surface area (Å²) in [5, 5.41) is 9.24. The number of carboxylic acids is 1. The largest absolute Gasteiger partial charge is 0.477 e. The first kappa shape index (κ1) is 18.7. The minimum Gasteiger partial charge on any atom is -0.477 e. The van der Waals surface area contributed by atoms with Crippen LogP contribution in [0.3, 0.4) is 0 Å². The van der Waals surface area contributed by atoms with Crippen molar-refractivity contribution in [1.82, 2.24) is 9.47 Å². The standard InChI is InChI=1S/C18H15F3N2O4/c19-12-3-1-11(2-4-12)7-22-8-13(15(24)14(9-22)17(26)27)16(25)23-6-5-18(20,21)10-23/h1-4,8-9H,5-7,10H2,(H,26,27). The molecule has 142 valence electrons. The van der Waals surface area contributed by atoms with Crippen molar-refractivity contribution in [2.75, 3.05) is 13.1 Å². The van der Waals surface area contributed by atoms with E-state index in [1.165, 1.54) is 28.8 Å². The van der Waals surface area contributed by atoms with E-state index in [-0.39, 0.29) is 13.1 Å². The van der Waals surface area contributed by atoms with E-state index in [9.17, 15) is 32.7 Å². The van der Waals surface area contributed by atoms with Crippen molar-refractivity contribution in [3.63, 3.8) is 0 Å². The van der Waals surface area contributed by atoms with Gasteiger partial charge in [-0.05, 0) is 17.7 Å². The van der Waals surface area contributed by atoms with Gasteiger partial charge in [0.15, 0.2) is 0 Å². The molecule has 2 heterocycles. The molecular formula is C18H15F3N2O4. The van der Waals surface area contributed by atoms with Gasteiger partial charge in [-0.3, -0.25) is 9.59 Å². The highest BCUT2D eigenvalue weighted by Crippen LogP contribution is 2.27. The minimum atomic E-state index is -3.03. The number of aromatic carboxylic acids is 1. The highest BCUT2D eigenvalue weighted by molar-refractivity contribution is 5.97. The molecule has 0 spiro atoms. The van der Waals surface area contributed by atoms with Crippen molar-refractivity contribution in [3.8, 4) is 0 Å². The zero-order valence-electron chi connectivity index (χ0n) is 14.0. The first-order valence-electron chi connectivity index (χ1n) is 8.05. The lowest BCUT2D eigenvalue weighted by Gasteiger charge is -2.17. The van der Waals surface area contributed by atoms with Gasteiger partial charge in [0.25, 0.3) is 11.8 Å². The summed E-state index contributed by atoms with van der Waals surface area (Å²) < 4.78 is 41.1. The molecule has 0 aliphatic carbocycles. The Hall–Kier alpha value is -3.10. The molecule has 1 aromatic heterocycles. The number of carbonyl (C=O) groups excluding carboxylic acids is 1. The van der Waals surface area contributed by atoms with Gasteiger partial charge < -0.3 is 14.6 Å². The third-order valence-corrected chi connectivity index (χ3v) is 4.28. The summed E-state index contributed by atoms with van der Waals surface area (Å²) in [6.45, 7) is -0.974. The van der Waals surface area contributed by atoms with Crippen molar-refractivity contribution >= 4 is 11.9 Å². The maximum atomic E-state index is 13.4. The molecule has 27 heavy (non-hydrogen) atoms.